The van der Waals surface area contributed by atoms with Crippen molar-refractivity contribution in [3.63, 3.8) is 0 Å². The Morgan fingerprint density at radius 1 is 1.67 bits per heavy atom. The van der Waals surface area contributed by atoms with Gasteiger partial charge in [-0.15, -0.1) is 0 Å². The first kappa shape index (κ1) is 6.46. The molecule has 0 nitrogen and oxygen atoms in total. The molecule has 0 spiro atoms. The molecule has 0 amide bonds. The van der Waals surface area contributed by atoms with Crippen molar-refractivity contribution in [2.24, 2.45) is 0 Å². The van der Waals surface area contributed by atoms with Crippen LogP contribution in [0.2, 0.25) is 0 Å². The van der Waals surface area contributed by atoms with Crippen LogP contribution < -0.4 is 0 Å². The highest BCUT2D eigenvalue weighted by Crippen LogP contribution is 2.20. The maximum atomic E-state index is 12.4. The fourth-order valence-electron chi connectivity index (χ4n) is 0.745. The van der Waals surface area contributed by atoms with Crippen LogP contribution in [0, 0.1) is 0 Å². The highest BCUT2D eigenvalue weighted by atomic mass is 19.1. The van der Waals surface area contributed by atoms with Crippen molar-refractivity contribution in [3.05, 3.63) is 23.6 Å². The molecule has 1 aliphatic carbocycles. The summed E-state index contributed by atoms with van der Waals surface area (Å²) in [5.74, 6) is -0.422. The third kappa shape index (κ3) is 1.37. The predicted octanol–water partition coefficient (Wildman–Crippen LogP) is 2.53. The summed E-state index contributed by atoms with van der Waals surface area (Å²) in [5, 5.41) is 0. The molecule has 0 aromatic carbocycles. The van der Waals surface area contributed by atoms with Gasteiger partial charge in [0, 0.05) is 6.42 Å². The number of allylic oxidation sites excluding steroid dienone is 4. The van der Waals surface area contributed by atoms with Crippen molar-refractivity contribution in [1.29, 1.82) is 0 Å². The van der Waals surface area contributed by atoms with E-state index in [-0.39, 0.29) is 0 Å². The molecule has 9 heavy (non-hydrogen) atoms. The van der Waals surface area contributed by atoms with E-state index in [1.807, 2.05) is 0 Å². The molecule has 1 atom stereocenters. The van der Waals surface area contributed by atoms with Crippen molar-refractivity contribution in [2.45, 2.75) is 19.5 Å². The van der Waals surface area contributed by atoms with E-state index in [1.165, 1.54) is 0 Å². The van der Waals surface area contributed by atoms with Crippen LogP contribution in [0.3, 0.4) is 0 Å². The summed E-state index contributed by atoms with van der Waals surface area (Å²) < 4.78 is 24.6. The van der Waals surface area contributed by atoms with Gasteiger partial charge in [0.1, 0.15) is 12.0 Å². The molecular formula is C7H8F2. The molecule has 2 heteroatoms. The first-order chi connectivity index (χ1) is 4.20. The Morgan fingerprint density at radius 3 is 2.78 bits per heavy atom. The van der Waals surface area contributed by atoms with Gasteiger partial charge in [-0.2, -0.15) is 0 Å². The predicted molar refractivity (Wildman–Crippen MR) is 32.5 cm³/mol. The lowest BCUT2D eigenvalue weighted by molar-refractivity contribution is 0.390. The molecule has 0 bridgehead atoms. The molecule has 0 aliphatic heterocycles. The Labute approximate surface area is 52.9 Å². The van der Waals surface area contributed by atoms with Gasteiger partial charge in [0.05, 0.1) is 0 Å². The molecule has 1 aliphatic rings. The molecule has 0 unspecified atom stereocenters. The fourth-order valence-corrected chi connectivity index (χ4v) is 0.745. The highest BCUT2D eigenvalue weighted by Gasteiger charge is 2.10. The van der Waals surface area contributed by atoms with Gasteiger partial charge in [-0.1, -0.05) is 6.08 Å². The molecule has 1 rings (SSSR count). The van der Waals surface area contributed by atoms with E-state index in [1.54, 1.807) is 13.0 Å². The lowest BCUT2D eigenvalue weighted by Gasteiger charge is -2.07. The number of rotatable bonds is 0. The van der Waals surface area contributed by atoms with E-state index in [0.29, 0.717) is 12.0 Å². The number of hydrogen-bond donors (Lipinski definition) is 0. The smallest absolute Gasteiger partial charge is 0.125 e. The Bertz CT molecular complexity index is 168. The zero-order valence-corrected chi connectivity index (χ0v) is 5.20. The van der Waals surface area contributed by atoms with Crippen LogP contribution in [0.25, 0.3) is 0 Å². The zero-order valence-electron chi connectivity index (χ0n) is 5.20. The largest absolute Gasteiger partial charge is 0.242 e. The Kier molecular flexibility index (Phi) is 1.65. The maximum absolute atomic E-state index is 12.4. The van der Waals surface area contributed by atoms with Crippen LogP contribution >= 0.6 is 0 Å². The maximum Gasteiger partial charge on any atom is 0.125 e. The van der Waals surface area contributed by atoms with Crippen LogP contribution in [0.15, 0.2) is 23.6 Å². The Morgan fingerprint density at radius 2 is 2.33 bits per heavy atom. The summed E-state index contributed by atoms with van der Waals surface area (Å²) in [6.07, 6.45) is 1.78. The first-order valence-corrected chi connectivity index (χ1v) is 2.88. The van der Waals surface area contributed by atoms with Crippen molar-refractivity contribution < 1.29 is 8.78 Å². The van der Waals surface area contributed by atoms with E-state index in [0.717, 1.165) is 6.08 Å². The minimum atomic E-state index is -1.12. The van der Waals surface area contributed by atoms with E-state index >= 15 is 0 Å². The average molecular weight is 130 g/mol. The minimum Gasteiger partial charge on any atom is -0.242 e. The summed E-state index contributed by atoms with van der Waals surface area (Å²) in [7, 11) is 0. The average Bonchev–Trinajstić information content (AvgIpc) is 1.80. The summed E-state index contributed by atoms with van der Waals surface area (Å²) >= 11 is 0. The molecule has 0 fully saturated rings. The van der Waals surface area contributed by atoms with Crippen molar-refractivity contribution in [3.8, 4) is 0 Å². The van der Waals surface area contributed by atoms with Crippen LogP contribution in [-0.4, -0.2) is 6.17 Å². The minimum absolute atomic E-state index is 0.319. The van der Waals surface area contributed by atoms with Gasteiger partial charge in [0.25, 0.3) is 0 Å². The lowest BCUT2D eigenvalue weighted by Crippen LogP contribution is -1.99. The quantitative estimate of drug-likeness (QED) is 0.472. The van der Waals surface area contributed by atoms with Crippen LogP contribution in [0.1, 0.15) is 13.3 Å². The molecule has 0 saturated heterocycles. The summed E-state index contributed by atoms with van der Waals surface area (Å²) in [4.78, 5) is 0. The molecule has 50 valence electrons. The van der Waals surface area contributed by atoms with Crippen LogP contribution in [0.5, 0.6) is 0 Å². The zero-order chi connectivity index (χ0) is 6.85. The molecule has 0 radical (unpaired) electrons. The molecular weight excluding hydrogens is 122 g/mol. The fraction of sp³-hybridized carbons (Fsp3) is 0.429. The van der Waals surface area contributed by atoms with Crippen molar-refractivity contribution >= 4 is 0 Å². The molecule has 0 saturated carbocycles. The normalized spacial score (nSPS) is 27.2. The SMILES string of the molecule is CC1=CC[C@@H](F)C=C1F. The van der Waals surface area contributed by atoms with E-state index in [9.17, 15) is 8.78 Å². The number of hydrogen-bond acceptors (Lipinski definition) is 0. The standard InChI is InChI=1S/C7H8F2/c1-5-2-3-6(8)4-7(5)9/h2,4,6H,3H2,1H3/t6-/m1/s1. The molecule has 0 N–H and O–H groups in total. The van der Waals surface area contributed by atoms with Gasteiger partial charge in [-0.3, -0.25) is 0 Å². The number of halogens is 2. The van der Waals surface area contributed by atoms with Gasteiger partial charge in [-0.05, 0) is 18.6 Å². The monoisotopic (exact) mass is 130 g/mol. The lowest BCUT2D eigenvalue weighted by atomic mass is 10.1. The van der Waals surface area contributed by atoms with Crippen molar-refractivity contribution in [1.82, 2.24) is 0 Å². The topological polar surface area (TPSA) is 0 Å². The first-order valence-electron chi connectivity index (χ1n) is 2.88. The van der Waals surface area contributed by atoms with Gasteiger partial charge in [0.15, 0.2) is 0 Å². The van der Waals surface area contributed by atoms with Gasteiger partial charge < -0.3 is 0 Å². The molecule has 0 aromatic rings. The highest BCUT2D eigenvalue weighted by molar-refractivity contribution is 5.27. The van der Waals surface area contributed by atoms with Gasteiger partial charge >= 0.3 is 0 Å². The second kappa shape index (κ2) is 2.29. The third-order valence-electron chi connectivity index (χ3n) is 1.35. The van der Waals surface area contributed by atoms with Crippen LogP contribution in [-0.2, 0) is 0 Å². The Balaban J connectivity index is 2.75. The van der Waals surface area contributed by atoms with Crippen molar-refractivity contribution in [2.75, 3.05) is 0 Å². The molecule has 0 heterocycles. The van der Waals surface area contributed by atoms with E-state index < -0.39 is 12.0 Å². The van der Waals surface area contributed by atoms with Gasteiger partial charge in [-0.25, -0.2) is 8.78 Å². The summed E-state index contributed by atoms with van der Waals surface area (Å²) in [6, 6.07) is 0. The van der Waals surface area contributed by atoms with E-state index in [4.69, 9.17) is 0 Å². The second-order valence-corrected chi connectivity index (χ2v) is 2.15. The van der Waals surface area contributed by atoms with E-state index in [2.05, 4.69) is 0 Å². The number of alkyl halides is 1. The Hall–Kier alpha value is -0.660. The molecule has 0 aromatic heterocycles. The second-order valence-electron chi connectivity index (χ2n) is 2.15. The van der Waals surface area contributed by atoms with Crippen LogP contribution in [0.4, 0.5) is 8.78 Å². The van der Waals surface area contributed by atoms with Gasteiger partial charge in [0.2, 0.25) is 0 Å². The summed E-state index contributed by atoms with van der Waals surface area (Å²) in [6.45, 7) is 1.64. The summed E-state index contributed by atoms with van der Waals surface area (Å²) in [5.41, 5.74) is 0.545. The third-order valence-corrected chi connectivity index (χ3v) is 1.35.